The van der Waals surface area contributed by atoms with Crippen LogP contribution in [0.3, 0.4) is 0 Å². The van der Waals surface area contributed by atoms with Crippen molar-refractivity contribution in [2.45, 2.75) is 13.8 Å². The Kier molecular flexibility index (Phi) is 20.7. The normalized spacial score (nSPS) is 9.76. The van der Waals surface area contributed by atoms with E-state index in [4.69, 9.17) is 49.1 Å². The van der Waals surface area contributed by atoms with Gasteiger partial charge < -0.3 is 47.7 Å². The Balaban J connectivity index is 0.000000213. The van der Waals surface area contributed by atoms with E-state index in [-0.39, 0.29) is 17.3 Å². The second kappa shape index (κ2) is 26.8. The van der Waals surface area contributed by atoms with Crippen molar-refractivity contribution in [1.29, 1.82) is 0 Å². The Morgan fingerprint density at radius 2 is 0.929 bits per heavy atom. The summed E-state index contributed by atoms with van der Waals surface area (Å²) < 4.78 is 47.9. The molecule has 0 spiro atoms. The van der Waals surface area contributed by atoms with Crippen molar-refractivity contribution in [3.63, 3.8) is 0 Å². The molecule has 3 aromatic heterocycles. The molecule has 16 heteroatoms. The van der Waals surface area contributed by atoms with Crippen LogP contribution in [0, 0.1) is 24.2 Å². The summed E-state index contributed by atoms with van der Waals surface area (Å²) in [6.45, 7) is 3.00. The van der Waals surface area contributed by atoms with E-state index in [2.05, 4.69) is 48.6 Å². The lowest BCUT2D eigenvalue weighted by Gasteiger charge is -2.14. The third-order valence-corrected chi connectivity index (χ3v) is 10.5. The van der Waals surface area contributed by atoms with E-state index in [0.717, 1.165) is 16.6 Å². The maximum atomic E-state index is 11.6. The molecule has 0 amide bonds. The van der Waals surface area contributed by atoms with Gasteiger partial charge in [-0.3, -0.25) is 14.6 Å². The highest BCUT2D eigenvalue weighted by molar-refractivity contribution is 9.10. The number of aromatic nitrogens is 3. The number of halogens is 1. The third kappa shape index (κ3) is 13.8. The molecule has 0 bridgehead atoms. The average Bonchev–Trinajstić information content (AvgIpc) is 3.39. The van der Waals surface area contributed by atoms with Crippen LogP contribution in [0.5, 0.6) is 57.5 Å². The monoisotopic (exact) mass is 1010 g/mol. The van der Waals surface area contributed by atoms with Gasteiger partial charge in [0.2, 0.25) is 17.2 Å². The summed E-state index contributed by atoms with van der Waals surface area (Å²) in [5.74, 6) is 13.4. The number of benzene rings is 4. The molecule has 0 radical (unpaired) electrons. The Bertz CT molecular complexity index is 2970. The highest BCUT2D eigenvalue weighted by Crippen LogP contribution is 2.43. The molecule has 4 aromatic carbocycles. The summed E-state index contributed by atoms with van der Waals surface area (Å²) in [5.41, 5.74) is 5.29. The van der Waals surface area contributed by atoms with Crippen LogP contribution in [0.15, 0.2) is 108 Å². The van der Waals surface area contributed by atoms with Crippen molar-refractivity contribution in [3.8, 4) is 92.8 Å². The van der Waals surface area contributed by atoms with Gasteiger partial charge in [-0.25, -0.2) is 9.97 Å². The summed E-state index contributed by atoms with van der Waals surface area (Å²) in [6, 6.07) is 24.7. The topological polar surface area (TPSA) is 176 Å². The van der Waals surface area contributed by atoms with Gasteiger partial charge in [-0.15, -0.1) is 6.42 Å². The van der Waals surface area contributed by atoms with Gasteiger partial charge >= 0.3 is 0 Å². The van der Waals surface area contributed by atoms with E-state index < -0.39 is 0 Å². The fraction of sp³-hybridized carbons (Fsp3) is 0.204. The number of pyridine rings is 3. The van der Waals surface area contributed by atoms with E-state index in [1.807, 2.05) is 24.3 Å². The van der Waals surface area contributed by atoms with Gasteiger partial charge in [0.15, 0.2) is 46.1 Å². The van der Waals surface area contributed by atoms with Crippen LogP contribution in [-0.2, 0) is 0 Å². The predicted octanol–water partition coefficient (Wildman–Crippen LogP) is 10.1. The van der Waals surface area contributed by atoms with Crippen LogP contribution in [-0.4, -0.2) is 95.6 Å². The highest BCUT2D eigenvalue weighted by Gasteiger charge is 2.17. The zero-order chi connectivity index (χ0) is 51.3. The number of methoxy groups -OCH3 is 9. The summed E-state index contributed by atoms with van der Waals surface area (Å²) >= 11 is 3.16. The lowest BCUT2D eigenvalue weighted by atomic mass is 10.0. The minimum absolute atomic E-state index is 0.0278. The first-order chi connectivity index (χ1) is 33.7. The zero-order valence-corrected chi connectivity index (χ0v) is 42.1. The summed E-state index contributed by atoms with van der Waals surface area (Å²) in [6.07, 6.45) is 10.2. The van der Waals surface area contributed by atoms with Crippen molar-refractivity contribution in [3.05, 3.63) is 136 Å². The molecule has 0 unspecified atom stereocenters. The van der Waals surface area contributed by atoms with Gasteiger partial charge in [0, 0.05) is 35.1 Å². The van der Waals surface area contributed by atoms with E-state index in [0.29, 0.717) is 89.7 Å². The molecular weight excluding hydrogens is 963 g/mol. The largest absolute Gasteiger partial charge is 0.507 e. The number of terminal acetylenes is 1. The van der Waals surface area contributed by atoms with Gasteiger partial charge in [-0.2, -0.15) is 0 Å². The summed E-state index contributed by atoms with van der Waals surface area (Å²) in [5, 5.41) is 11.0. The van der Waals surface area contributed by atoms with Crippen molar-refractivity contribution in [2.75, 3.05) is 64.0 Å². The SMILES string of the molecule is C#Cc1cc(OC)c(OC)c(OC)c1.CC(=O)c1cccnc1Br.COc1cc(-c2cc(O)c3cccnc3c2)cc(OC)c1OC.COc1cc(C#Cc2ncccc2C(C)=O)cc(OC)c1OC. The van der Waals surface area contributed by atoms with Gasteiger partial charge in [-0.1, -0.05) is 11.8 Å². The molecule has 0 fully saturated rings. The van der Waals surface area contributed by atoms with Crippen LogP contribution in [0.2, 0.25) is 0 Å². The maximum Gasteiger partial charge on any atom is 0.203 e. The number of hydrogen-bond acceptors (Lipinski definition) is 15. The van der Waals surface area contributed by atoms with Crippen molar-refractivity contribution < 1.29 is 57.3 Å². The standard InChI is InChI=1S/2C18H17NO4.C11H12O3.C7H6BrNO/c1-21-16-9-12(10-17(22-2)18(16)23-3)11-7-14-13(15(20)8-11)5-4-6-19-14;1-12(20)14-6-5-9-19-15(14)8-7-13-10-16(21-2)18(23-4)17(11-13)22-3;1-5-8-6-9(12-2)11(14-4)10(7-8)13-3;1-5(10)6-3-2-4-9-7(6)8/h4-10,20H,1-3H3;5-6,9-11H,1-4H3;1,6-7H,2-4H3;2-4H,1H3. The van der Waals surface area contributed by atoms with Crippen LogP contribution in [0.1, 0.15) is 51.4 Å². The molecule has 70 heavy (non-hydrogen) atoms. The van der Waals surface area contributed by atoms with Crippen LogP contribution in [0.25, 0.3) is 22.0 Å². The van der Waals surface area contributed by atoms with Crippen LogP contribution < -0.4 is 42.6 Å². The molecule has 0 saturated heterocycles. The number of ketones is 2. The molecule has 0 aliphatic rings. The number of rotatable bonds is 12. The molecule has 362 valence electrons. The van der Waals surface area contributed by atoms with Crippen molar-refractivity contribution >= 4 is 38.4 Å². The van der Waals surface area contributed by atoms with E-state index in [1.165, 1.54) is 13.8 Å². The van der Waals surface area contributed by atoms with Gasteiger partial charge in [0.1, 0.15) is 16.0 Å². The number of nitrogens with zero attached hydrogens (tertiary/aromatic N) is 3. The van der Waals surface area contributed by atoms with Gasteiger partial charge in [0.05, 0.1) is 80.6 Å². The van der Waals surface area contributed by atoms with Crippen molar-refractivity contribution in [2.24, 2.45) is 0 Å². The summed E-state index contributed by atoms with van der Waals surface area (Å²) in [4.78, 5) is 34.7. The molecule has 0 saturated carbocycles. The number of phenolic OH excluding ortho intramolecular Hbond substituents is 1. The van der Waals surface area contributed by atoms with E-state index >= 15 is 0 Å². The maximum absolute atomic E-state index is 11.6. The first-order valence-electron chi connectivity index (χ1n) is 20.8. The first-order valence-corrected chi connectivity index (χ1v) is 21.6. The Hall–Kier alpha value is -8.47. The fourth-order valence-corrected chi connectivity index (χ4v) is 6.99. The Morgan fingerprint density at radius 3 is 1.36 bits per heavy atom. The zero-order valence-electron chi connectivity index (χ0n) is 40.5. The highest BCUT2D eigenvalue weighted by atomic mass is 79.9. The second-order valence-corrected chi connectivity index (χ2v) is 14.8. The smallest absolute Gasteiger partial charge is 0.203 e. The minimum atomic E-state index is -0.0766. The fourth-order valence-electron chi connectivity index (χ4n) is 6.46. The molecule has 0 aliphatic heterocycles. The average molecular weight is 1010 g/mol. The van der Waals surface area contributed by atoms with E-state index in [9.17, 15) is 14.7 Å². The Morgan fingerprint density at radius 1 is 0.514 bits per heavy atom. The number of carbonyl (C=O) groups excluding carboxylic acids is 2. The number of hydrogen-bond donors (Lipinski definition) is 1. The number of ether oxygens (including phenoxy) is 9. The van der Waals surface area contributed by atoms with Gasteiger partial charge in [0.25, 0.3) is 0 Å². The molecule has 0 aliphatic carbocycles. The lowest BCUT2D eigenvalue weighted by molar-refractivity contribution is 0.100. The molecule has 7 rings (SSSR count). The number of fused-ring (bicyclic) bond motifs is 1. The Labute approximate surface area is 415 Å². The quantitative estimate of drug-likeness (QED) is 0.0695. The molecule has 1 N–H and O–H groups in total. The van der Waals surface area contributed by atoms with Crippen LogP contribution >= 0.6 is 15.9 Å². The molecule has 15 nitrogen and oxygen atoms in total. The minimum Gasteiger partial charge on any atom is -0.507 e. The second-order valence-electron chi connectivity index (χ2n) is 14.1. The van der Waals surface area contributed by atoms with Crippen LogP contribution in [0.4, 0.5) is 0 Å². The molecule has 0 atom stereocenters. The molecule has 3 heterocycles. The number of carbonyl (C=O) groups is 2. The van der Waals surface area contributed by atoms with Crippen molar-refractivity contribution in [1.82, 2.24) is 15.0 Å². The predicted molar refractivity (Wildman–Crippen MR) is 271 cm³/mol. The lowest BCUT2D eigenvalue weighted by Crippen LogP contribution is -1.98. The molecule has 7 aromatic rings. The van der Waals surface area contributed by atoms with Gasteiger partial charge in [-0.05, 0) is 132 Å². The van der Waals surface area contributed by atoms with E-state index in [1.54, 1.807) is 143 Å². The molecular formula is C54H52BrN3O12. The third-order valence-electron chi connectivity index (χ3n) is 9.84. The number of Topliss-reactive ketones (excluding diaryl/α,β-unsaturated/α-hetero) is 2. The first kappa shape index (κ1) is 54.1. The number of phenols is 1. The summed E-state index contributed by atoms with van der Waals surface area (Å²) in [7, 11) is 14.0. The number of aromatic hydroxyl groups is 1.